The number of ether oxygens (including phenoxy) is 1. The van der Waals surface area contributed by atoms with Gasteiger partial charge in [-0.3, -0.25) is 9.59 Å². The Morgan fingerprint density at radius 3 is 2.57 bits per heavy atom. The summed E-state index contributed by atoms with van der Waals surface area (Å²) in [5.41, 5.74) is 0.445. The van der Waals surface area contributed by atoms with Crippen LogP contribution >= 0.6 is 0 Å². The third kappa shape index (κ3) is 6.05. The number of rotatable bonds is 9. The first-order valence-corrected chi connectivity index (χ1v) is 7.12. The number of aliphatic hydroxyl groups excluding tert-OH is 1. The Morgan fingerprint density at radius 2 is 1.96 bits per heavy atom. The van der Waals surface area contributed by atoms with E-state index in [0.717, 1.165) is 0 Å². The normalized spacial score (nSPS) is 11.6. The van der Waals surface area contributed by atoms with Crippen LogP contribution in [0.5, 0.6) is 0 Å². The molecule has 1 unspecified atom stereocenters. The third-order valence-electron chi connectivity index (χ3n) is 2.89. The van der Waals surface area contributed by atoms with E-state index in [2.05, 4.69) is 10.6 Å². The first-order valence-electron chi connectivity index (χ1n) is 7.12. The van der Waals surface area contributed by atoms with Crippen LogP contribution in [0.3, 0.4) is 0 Å². The summed E-state index contributed by atoms with van der Waals surface area (Å²) in [6.07, 6.45) is -0.341. The fourth-order valence-corrected chi connectivity index (χ4v) is 1.85. The maximum Gasteiger partial charge on any atom is 0.340 e. The number of benzene rings is 1. The van der Waals surface area contributed by atoms with E-state index < -0.39 is 23.9 Å². The fourth-order valence-electron chi connectivity index (χ4n) is 1.85. The van der Waals surface area contributed by atoms with E-state index in [-0.39, 0.29) is 37.4 Å². The molecule has 0 aliphatic heterocycles. The van der Waals surface area contributed by atoms with Crippen molar-refractivity contribution in [2.24, 2.45) is 0 Å². The molecule has 0 radical (unpaired) electrons. The Kier molecular flexibility index (Phi) is 7.72. The molecule has 1 aromatic rings. The summed E-state index contributed by atoms with van der Waals surface area (Å²) in [7, 11) is 0. The van der Waals surface area contributed by atoms with Gasteiger partial charge < -0.3 is 25.6 Å². The lowest BCUT2D eigenvalue weighted by Gasteiger charge is -2.14. The van der Waals surface area contributed by atoms with Crippen LogP contribution in [0.1, 0.15) is 23.7 Å². The Hall–Kier alpha value is -2.45. The van der Waals surface area contributed by atoms with Crippen molar-refractivity contribution in [3.8, 4) is 0 Å². The minimum atomic E-state index is -1.20. The predicted molar refractivity (Wildman–Crippen MR) is 82.2 cm³/mol. The average Bonchev–Trinajstić information content (AvgIpc) is 2.51. The van der Waals surface area contributed by atoms with Crippen LogP contribution in [-0.4, -0.2) is 53.9 Å². The van der Waals surface area contributed by atoms with Crippen molar-refractivity contribution in [1.29, 1.82) is 0 Å². The van der Waals surface area contributed by atoms with Crippen molar-refractivity contribution in [2.45, 2.75) is 19.4 Å². The van der Waals surface area contributed by atoms with Gasteiger partial charge in [-0.25, -0.2) is 4.79 Å². The van der Waals surface area contributed by atoms with Crippen LogP contribution in [-0.2, 0) is 14.3 Å². The molecule has 0 aromatic heterocycles. The van der Waals surface area contributed by atoms with Gasteiger partial charge in [-0.05, 0) is 19.1 Å². The van der Waals surface area contributed by atoms with Crippen LogP contribution in [0.25, 0.3) is 0 Å². The molecule has 0 fully saturated rings. The third-order valence-corrected chi connectivity index (χ3v) is 2.89. The van der Waals surface area contributed by atoms with E-state index in [0.29, 0.717) is 0 Å². The quantitative estimate of drug-likeness (QED) is 0.479. The van der Waals surface area contributed by atoms with Crippen LogP contribution in [0.2, 0.25) is 0 Å². The smallest absolute Gasteiger partial charge is 0.340 e. The molecular formula is C15H20N2O6. The standard InChI is InChI=1S/C15H20N2O6/c1-2-23-15(22)10-5-3-4-6-11(10)17-13(19)9-12(14(20)21)16-7-8-18/h3-6,12,16,18H,2,7-9H2,1H3,(H,17,19)(H,20,21). The Bertz CT molecular complexity index is 561. The second-order valence-corrected chi connectivity index (χ2v) is 4.59. The van der Waals surface area contributed by atoms with Gasteiger partial charge in [0.05, 0.1) is 30.9 Å². The van der Waals surface area contributed by atoms with Crippen molar-refractivity contribution < 1.29 is 29.3 Å². The van der Waals surface area contributed by atoms with Crippen LogP contribution in [0.4, 0.5) is 5.69 Å². The highest BCUT2D eigenvalue weighted by molar-refractivity contribution is 6.02. The Morgan fingerprint density at radius 1 is 1.26 bits per heavy atom. The number of nitrogens with one attached hydrogen (secondary N) is 2. The molecule has 1 atom stereocenters. The van der Waals surface area contributed by atoms with Gasteiger partial charge >= 0.3 is 11.9 Å². The molecule has 0 spiro atoms. The first kappa shape index (κ1) is 18.6. The second-order valence-electron chi connectivity index (χ2n) is 4.59. The van der Waals surface area contributed by atoms with Gasteiger partial charge in [-0.15, -0.1) is 0 Å². The monoisotopic (exact) mass is 324 g/mol. The lowest BCUT2D eigenvalue weighted by molar-refractivity contribution is -0.141. The summed E-state index contributed by atoms with van der Waals surface area (Å²) in [4.78, 5) is 34.9. The van der Waals surface area contributed by atoms with E-state index in [1.807, 2.05) is 0 Å². The topological polar surface area (TPSA) is 125 Å². The SMILES string of the molecule is CCOC(=O)c1ccccc1NC(=O)CC(NCCO)C(=O)O. The molecule has 0 saturated heterocycles. The number of aliphatic carboxylic acids is 1. The van der Waals surface area contributed by atoms with E-state index in [1.54, 1.807) is 19.1 Å². The van der Waals surface area contributed by atoms with Crippen molar-refractivity contribution in [2.75, 3.05) is 25.1 Å². The molecule has 0 aliphatic carbocycles. The number of carboxylic acids is 1. The molecule has 8 heteroatoms. The summed E-state index contributed by atoms with van der Waals surface area (Å²) in [5.74, 6) is -2.34. The van der Waals surface area contributed by atoms with Gasteiger partial charge in [0.15, 0.2) is 0 Å². The zero-order valence-electron chi connectivity index (χ0n) is 12.7. The molecule has 1 amide bonds. The molecule has 0 heterocycles. The summed E-state index contributed by atoms with van der Waals surface area (Å²) in [6.45, 7) is 1.69. The number of carboxylic acid groups (broad SMARTS) is 1. The number of amides is 1. The largest absolute Gasteiger partial charge is 0.480 e. The van der Waals surface area contributed by atoms with E-state index in [9.17, 15) is 14.4 Å². The summed E-state index contributed by atoms with van der Waals surface area (Å²) in [6, 6.07) is 5.17. The van der Waals surface area contributed by atoms with Gasteiger partial charge in [0.2, 0.25) is 5.91 Å². The molecule has 0 saturated carbocycles. The van der Waals surface area contributed by atoms with E-state index in [4.69, 9.17) is 14.9 Å². The highest BCUT2D eigenvalue weighted by Crippen LogP contribution is 2.16. The van der Waals surface area contributed by atoms with Crippen LogP contribution in [0, 0.1) is 0 Å². The number of aliphatic hydroxyl groups is 1. The number of para-hydroxylation sites is 1. The highest BCUT2D eigenvalue weighted by Gasteiger charge is 2.21. The minimum Gasteiger partial charge on any atom is -0.480 e. The maximum absolute atomic E-state index is 12.0. The van der Waals surface area contributed by atoms with Gasteiger partial charge in [0.1, 0.15) is 6.04 Å². The molecule has 4 N–H and O–H groups in total. The zero-order chi connectivity index (χ0) is 17.2. The number of carbonyl (C=O) groups is 3. The van der Waals surface area contributed by atoms with Crippen LogP contribution in [0.15, 0.2) is 24.3 Å². The van der Waals surface area contributed by atoms with Crippen molar-refractivity contribution in [3.63, 3.8) is 0 Å². The molecule has 126 valence electrons. The molecule has 1 rings (SSSR count). The number of hydrogen-bond donors (Lipinski definition) is 4. The molecule has 0 bridgehead atoms. The second kappa shape index (κ2) is 9.54. The Labute approximate surface area is 133 Å². The molecule has 23 heavy (non-hydrogen) atoms. The summed E-state index contributed by atoms with van der Waals surface area (Å²) in [5, 5.41) is 22.8. The van der Waals surface area contributed by atoms with E-state index in [1.165, 1.54) is 12.1 Å². The average molecular weight is 324 g/mol. The molecule has 8 nitrogen and oxygen atoms in total. The molecule has 0 aliphatic rings. The van der Waals surface area contributed by atoms with Crippen molar-refractivity contribution in [3.05, 3.63) is 29.8 Å². The van der Waals surface area contributed by atoms with Crippen LogP contribution < -0.4 is 10.6 Å². The van der Waals surface area contributed by atoms with Crippen molar-refractivity contribution in [1.82, 2.24) is 5.32 Å². The maximum atomic E-state index is 12.0. The molecular weight excluding hydrogens is 304 g/mol. The number of anilines is 1. The minimum absolute atomic E-state index is 0.0592. The predicted octanol–water partition coefficient (Wildman–Crippen LogP) is 0.227. The van der Waals surface area contributed by atoms with Gasteiger partial charge in [0.25, 0.3) is 0 Å². The summed E-state index contributed by atoms with van der Waals surface area (Å²) >= 11 is 0. The highest BCUT2D eigenvalue weighted by atomic mass is 16.5. The molecule has 1 aromatic carbocycles. The lowest BCUT2D eigenvalue weighted by Crippen LogP contribution is -2.41. The van der Waals surface area contributed by atoms with Crippen molar-refractivity contribution >= 4 is 23.5 Å². The number of carbonyl (C=O) groups excluding carboxylic acids is 2. The van der Waals surface area contributed by atoms with Gasteiger partial charge in [0, 0.05) is 6.54 Å². The lowest BCUT2D eigenvalue weighted by atomic mass is 10.1. The van der Waals surface area contributed by atoms with Gasteiger partial charge in [-0.2, -0.15) is 0 Å². The number of hydrogen-bond acceptors (Lipinski definition) is 6. The first-order chi connectivity index (χ1) is 11.0. The zero-order valence-corrected chi connectivity index (χ0v) is 12.7. The number of esters is 1. The van der Waals surface area contributed by atoms with Gasteiger partial charge in [-0.1, -0.05) is 12.1 Å². The Balaban J connectivity index is 2.77. The van der Waals surface area contributed by atoms with E-state index >= 15 is 0 Å². The fraction of sp³-hybridized carbons (Fsp3) is 0.400. The summed E-state index contributed by atoms with van der Waals surface area (Å²) < 4.78 is 4.90.